The number of benzene rings is 3. The fourth-order valence-electron chi connectivity index (χ4n) is 2.97. The van der Waals surface area contributed by atoms with E-state index < -0.39 is 10.8 Å². The molecule has 0 aliphatic carbocycles. The topological polar surface area (TPSA) is 107 Å². The zero-order valence-electron chi connectivity index (χ0n) is 16.9. The van der Waals surface area contributed by atoms with Crippen molar-refractivity contribution in [1.29, 1.82) is 0 Å². The van der Waals surface area contributed by atoms with Crippen molar-refractivity contribution >= 4 is 35.0 Å². The Morgan fingerprint density at radius 1 is 1.03 bits per heavy atom. The highest BCUT2D eigenvalue weighted by atomic mass is 32.2. The third-order valence-electron chi connectivity index (χ3n) is 4.62. The van der Waals surface area contributed by atoms with E-state index in [-0.39, 0.29) is 22.9 Å². The van der Waals surface area contributed by atoms with Crippen molar-refractivity contribution in [2.24, 2.45) is 5.73 Å². The molecule has 0 heterocycles. The minimum Gasteiger partial charge on any atom is -0.366 e. The lowest BCUT2D eigenvalue weighted by Gasteiger charge is -2.23. The maximum Gasteiger partial charge on any atom is 0.283 e. The number of nitrogens with zero attached hydrogens (tertiary/aromatic N) is 2. The van der Waals surface area contributed by atoms with Crippen LogP contribution in [0.1, 0.15) is 21.5 Å². The summed E-state index contributed by atoms with van der Waals surface area (Å²) in [7, 11) is 0. The van der Waals surface area contributed by atoms with Crippen LogP contribution in [0.2, 0.25) is 0 Å². The molecule has 0 fully saturated rings. The van der Waals surface area contributed by atoms with E-state index in [1.54, 1.807) is 4.90 Å². The van der Waals surface area contributed by atoms with E-state index >= 15 is 0 Å². The monoisotopic (exact) mass is 435 g/mol. The summed E-state index contributed by atoms with van der Waals surface area (Å²) in [5, 5.41) is 11.4. The second-order valence-corrected chi connectivity index (χ2v) is 7.91. The van der Waals surface area contributed by atoms with Gasteiger partial charge in [-0.05, 0) is 36.8 Å². The quantitative estimate of drug-likeness (QED) is 0.322. The molecule has 0 unspecified atom stereocenters. The predicted octanol–water partition coefficient (Wildman–Crippen LogP) is 4.33. The van der Waals surface area contributed by atoms with Crippen molar-refractivity contribution in [2.75, 3.05) is 10.7 Å². The number of primary amides is 1. The number of hydrogen-bond donors (Lipinski definition) is 1. The third-order valence-corrected chi connectivity index (χ3v) is 5.67. The second kappa shape index (κ2) is 9.90. The molecule has 0 radical (unpaired) electrons. The molecule has 0 aliphatic rings. The smallest absolute Gasteiger partial charge is 0.283 e. The van der Waals surface area contributed by atoms with E-state index in [0.29, 0.717) is 11.4 Å². The second-order valence-electron chi connectivity index (χ2n) is 6.89. The number of carbonyl (C=O) groups is 2. The van der Waals surface area contributed by atoms with Crippen molar-refractivity contribution in [3.8, 4) is 0 Å². The number of nitrogens with two attached hydrogens (primary N) is 1. The number of hydrogen-bond acceptors (Lipinski definition) is 5. The van der Waals surface area contributed by atoms with E-state index in [1.807, 2.05) is 61.5 Å². The van der Waals surface area contributed by atoms with Crippen LogP contribution >= 0.6 is 11.8 Å². The van der Waals surface area contributed by atoms with Gasteiger partial charge in [0.1, 0.15) is 0 Å². The molecule has 31 heavy (non-hydrogen) atoms. The number of anilines is 1. The SMILES string of the molecule is Cc1ccc(N(Cc2ccccc2)C(=O)CSc2ccc(C(N)=O)cc2[N+](=O)[O-])cc1. The number of rotatable bonds is 8. The molecule has 0 atom stereocenters. The van der Waals surface area contributed by atoms with Gasteiger partial charge in [0.2, 0.25) is 11.8 Å². The summed E-state index contributed by atoms with van der Waals surface area (Å²) in [6.45, 7) is 2.35. The molecule has 0 bridgehead atoms. The third kappa shape index (κ3) is 5.70. The Kier molecular flexibility index (Phi) is 7.04. The maximum absolute atomic E-state index is 13.1. The molecular formula is C23H21N3O4S. The lowest BCUT2D eigenvalue weighted by Crippen LogP contribution is -2.31. The van der Waals surface area contributed by atoms with Crippen LogP contribution in [-0.2, 0) is 11.3 Å². The van der Waals surface area contributed by atoms with Crippen LogP contribution in [0.4, 0.5) is 11.4 Å². The highest BCUT2D eigenvalue weighted by Crippen LogP contribution is 2.31. The Labute approximate surface area is 184 Å². The number of nitro benzene ring substituents is 1. The summed E-state index contributed by atoms with van der Waals surface area (Å²) in [5.41, 5.74) is 7.81. The highest BCUT2D eigenvalue weighted by molar-refractivity contribution is 8.00. The van der Waals surface area contributed by atoms with E-state index in [4.69, 9.17) is 5.73 Å². The van der Waals surface area contributed by atoms with Crippen molar-refractivity contribution < 1.29 is 14.5 Å². The first-order chi connectivity index (χ1) is 14.8. The minimum absolute atomic E-state index is 0.00251. The van der Waals surface area contributed by atoms with Gasteiger partial charge in [0.05, 0.1) is 22.1 Å². The predicted molar refractivity (Wildman–Crippen MR) is 121 cm³/mol. The van der Waals surface area contributed by atoms with Gasteiger partial charge in [-0.1, -0.05) is 48.0 Å². The Morgan fingerprint density at radius 3 is 2.32 bits per heavy atom. The Hall–Kier alpha value is -3.65. The summed E-state index contributed by atoms with van der Waals surface area (Å²) in [6, 6.07) is 21.2. The van der Waals surface area contributed by atoms with Gasteiger partial charge in [0.15, 0.2) is 0 Å². The van der Waals surface area contributed by atoms with Gasteiger partial charge in [0.25, 0.3) is 5.69 Å². The molecule has 2 amide bonds. The first-order valence-electron chi connectivity index (χ1n) is 9.47. The van der Waals surface area contributed by atoms with Crippen molar-refractivity contribution in [2.45, 2.75) is 18.4 Å². The molecule has 0 aliphatic heterocycles. The summed E-state index contributed by atoms with van der Waals surface area (Å²) in [5.74, 6) is -0.938. The Balaban J connectivity index is 1.83. The summed E-state index contributed by atoms with van der Waals surface area (Å²) in [4.78, 5) is 37.2. The minimum atomic E-state index is -0.746. The maximum atomic E-state index is 13.1. The summed E-state index contributed by atoms with van der Waals surface area (Å²) in [6.07, 6.45) is 0. The molecule has 2 N–H and O–H groups in total. The molecule has 3 aromatic rings. The molecule has 8 heteroatoms. The number of thioether (sulfide) groups is 1. The standard InChI is InChI=1S/C23H21N3O4S/c1-16-7-10-19(11-8-16)25(14-17-5-3-2-4-6-17)22(27)15-31-21-12-9-18(23(24)28)13-20(21)26(29)30/h2-13H,14-15H2,1H3,(H2,24,28). The lowest BCUT2D eigenvalue weighted by atomic mass is 10.1. The number of nitro groups is 1. The van der Waals surface area contributed by atoms with Crippen LogP contribution < -0.4 is 10.6 Å². The van der Waals surface area contributed by atoms with Gasteiger partial charge in [-0.25, -0.2) is 0 Å². The summed E-state index contributed by atoms with van der Waals surface area (Å²) >= 11 is 1.06. The van der Waals surface area contributed by atoms with Crippen LogP contribution in [0.15, 0.2) is 77.7 Å². The Bertz CT molecular complexity index is 1100. The van der Waals surface area contributed by atoms with E-state index in [9.17, 15) is 19.7 Å². The van der Waals surface area contributed by atoms with Gasteiger partial charge in [-0.3, -0.25) is 19.7 Å². The molecule has 0 saturated heterocycles. The fourth-order valence-corrected chi connectivity index (χ4v) is 3.85. The van der Waals surface area contributed by atoms with Gasteiger partial charge in [0, 0.05) is 17.3 Å². The van der Waals surface area contributed by atoms with Crippen molar-refractivity contribution in [1.82, 2.24) is 0 Å². The van der Waals surface area contributed by atoms with Crippen LogP contribution in [-0.4, -0.2) is 22.5 Å². The van der Waals surface area contributed by atoms with Crippen LogP contribution in [0, 0.1) is 17.0 Å². The average Bonchev–Trinajstić information content (AvgIpc) is 2.77. The van der Waals surface area contributed by atoms with Crippen LogP contribution in [0.3, 0.4) is 0 Å². The molecule has 3 rings (SSSR count). The molecule has 158 valence electrons. The highest BCUT2D eigenvalue weighted by Gasteiger charge is 2.21. The normalized spacial score (nSPS) is 10.5. The number of amides is 2. The lowest BCUT2D eigenvalue weighted by molar-refractivity contribution is -0.387. The molecule has 0 spiro atoms. The molecule has 3 aromatic carbocycles. The summed E-state index contributed by atoms with van der Waals surface area (Å²) < 4.78 is 0. The van der Waals surface area contributed by atoms with Gasteiger partial charge in [-0.15, -0.1) is 11.8 Å². The molecule has 0 saturated carbocycles. The zero-order chi connectivity index (χ0) is 22.4. The number of aryl methyl sites for hydroxylation is 1. The fraction of sp³-hybridized carbons (Fsp3) is 0.130. The van der Waals surface area contributed by atoms with Crippen molar-refractivity contribution in [3.05, 3.63) is 99.6 Å². The van der Waals surface area contributed by atoms with Gasteiger partial charge < -0.3 is 10.6 Å². The Morgan fingerprint density at radius 2 is 1.71 bits per heavy atom. The molecular weight excluding hydrogens is 414 g/mol. The first-order valence-corrected chi connectivity index (χ1v) is 10.5. The largest absolute Gasteiger partial charge is 0.366 e. The van der Waals surface area contributed by atoms with E-state index in [0.717, 1.165) is 34.6 Å². The molecule has 7 nitrogen and oxygen atoms in total. The average molecular weight is 436 g/mol. The van der Waals surface area contributed by atoms with Crippen molar-refractivity contribution in [3.63, 3.8) is 0 Å². The van der Waals surface area contributed by atoms with Crippen LogP contribution in [0.5, 0.6) is 0 Å². The van der Waals surface area contributed by atoms with E-state index in [2.05, 4.69) is 0 Å². The first kappa shape index (κ1) is 22.0. The molecule has 0 aromatic heterocycles. The zero-order valence-corrected chi connectivity index (χ0v) is 17.7. The van der Waals surface area contributed by atoms with Crippen LogP contribution in [0.25, 0.3) is 0 Å². The van der Waals surface area contributed by atoms with Gasteiger partial charge >= 0.3 is 0 Å². The van der Waals surface area contributed by atoms with Gasteiger partial charge in [-0.2, -0.15) is 0 Å². The van der Waals surface area contributed by atoms with E-state index in [1.165, 1.54) is 12.1 Å². The number of carbonyl (C=O) groups excluding carboxylic acids is 2.